The van der Waals surface area contributed by atoms with Crippen LogP contribution in [0.2, 0.25) is 0 Å². The number of aromatic nitrogens is 1. The van der Waals surface area contributed by atoms with Crippen LogP contribution in [0.3, 0.4) is 0 Å². The predicted molar refractivity (Wildman–Crippen MR) is 126 cm³/mol. The molecule has 0 saturated carbocycles. The van der Waals surface area contributed by atoms with Gasteiger partial charge in [-0.25, -0.2) is 18.2 Å². The van der Waals surface area contributed by atoms with E-state index in [1.807, 2.05) is 18.2 Å². The summed E-state index contributed by atoms with van der Waals surface area (Å²) in [5.74, 6) is -0.431. The third-order valence-electron chi connectivity index (χ3n) is 5.76. The summed E-state index contributed by atoms with van der Waals surface area (Å²) < 4.78 is 38.4. The van der Waals surface area contributed by atoms with E-state index in [4.69, 9.17) is 9.47 Å². The highest BCUT2D eigenvalue weighted by molar-refractivity contribution is 7.89. The fourth-order valence-electron chi connectivity index (χ4n) is 3.92. The van der Waals surface area contributed by atoms with Gasteiger partial charge in [-0.2, -0.15) is 4.31 Å². The number of carbonyl (C=O) groups is 1. The van der Waals surface area contributed by atoms with Crippen molar-refractivity contribution in [3.05, 3.63) is 53.7 Å². The van der Waals surface area contributed by atoms with E-state index in [0.29, 0.717) is 19.8 Å². The van der Waals surface area contributed by atoms with Crippen LogP contribution in [0.25, 0.3) is 0 Å². The lowest BCUT2D eigenvalue weighted by atomic mass is 10.1. The number of nitrogens with zero attached hydrogens (tertiary/aromatic N) is 3. The van der Waals surface area contributed by atoms with E-state index in [-0.39, 0.29) is 35.4 Å². The Morgan fingerprint density at radius 3 is 2.48 bits per heavy atom. The van der Waals surface area contributed by atoms with Gasteiger partial charge in [0.2, 0.25) is 10.0 Å². The molecule has 0 bridgehead atoms. The number of pyridine rings is 1. The highest BCUT2D eigenvalue weighted by atomic mass is 32.2. The summed E-state index contributed by atoms with van der Waals surface area (Å²) in [5.41, 5.74) is 1.20. The van der Waals surface area contributed by atoms with Gasteiger partial charge in [-0.05, 0) is 24.7 Å². The van der Waals surface area contributed by atoms with Crippen LogP contribution < -0.4 is 5.32 Å². The topological polar surface area (TPSA) is 101 Å². The zero-order valence-electron chi connectivity index (χ0n) is 19.4. The standard InChI is InChI=1S/C23H32N4O5S/c1-4-26(5-2)20(18-9-7-6-8-10-18)17-25-22-21(15-19(16-24-22)23(28)31-3)33(29,30)27-11-13-32-14-12-27/h6-10,15-16,20H,4-5,11-14,17H2,1-3H3,(H,24,25). The van der Waals surface area contributed by atoms with E-state index >= 15 is 0 Å². The minimum Gasteiger partial charge on any atom is -0.465 e. The number of rotatable bonds is 10. The van der Waals surface area contributed by atoms with Crippen LogP contribution in [0.15, 0.2) is 47.5 Å². The Kier molecular flexibility index (Phi) is 8.79. The molecule has 9 nitrogen and oxygen atoms in total. The van der Waals surface area contributed by atoms with Crippen LogP contribution >= 0.6 is 0 Å². The zero-order valence-corrected chi connectivity index (χ0v) is 20.2. The molecular formula is C23H32N4O5S. The Hall–Kier alpha value is -2.53. The molecule has 1 aromatic carbocycles. The van der Waals surface area contributed by atoms with E-state index in [1.165, 1.54) is 23.7 Å². The van der Waals surface area contributed by atoms with Gasteiger partial charge in [0.25, 0.3) is 0 Å². The molecule has 1 aromatic heterocycles. The van der Waals surface area contributed by atoms with Crippen molar-refractivity contribution in [2.24, 2.45) is 0 Å². The highest BCUT2D eigenvalue weighted by Crippen LogP contribution is 2.27. The van der Waals surface area contributed by atoms with Crippen LogP contribution in [0.4, 0.5) is 5.82 Å². The number of sulfonamides is 1. The maximum Gasteiger partial charge on any atom is 0.339 e. The average Bonchev–Trinajstić information content (AvgIpc) is 2.87. The lowest BCUT2D eigenvalue weighted by Gasteiger charge is -2.31. The molecule has 3 rings (SSSR count). The predicted octanol–water partition coefficient (Wildman–Crippen LogP) is 2.38. The van der Waals surface area contributed by atoms with Crippen molar-refractivity contribution in [2.75, 3.05) is 58.4 Å². The van der Waals surface area contributed by atoms with Crippen molar-refractivity contribution in [3.8, 4) is 0 Å². The second-order valence-corrected chi connectivity index (χ2v) is 9.51. The smallest absolute Gasteiger partial charge is 0.339 e. The molecule has 1 unspecified atom stereocenters. The van der Waals surface area contributed by atoms with Crippen LogP contribution in [-0.2, 0) is 19.5 Å². The number of methoxy groups -OCH3 is 1. The normalized spacial score (nSPS) is 15.9. The molecule has 1 N–H and O–H groups in total. The molecule has 1 aliphatic rings. The van der Waals surface area contributed by atoms with Crippen molar-refractivity contribution in [1.29, 1.82) is 0 Å². The third-order valence-corrected chi connectivity index (χ3v) is 7.67. The number of hydrogen-bond donors (Lipinski definition) is 1. The Morgan fingerprint density at radius 2 is 1.88 bits per heavy atom. The number of morpholine rings is 1. The molecule has 0 amide bonds. The molecule has 1 saturated heterocycles. The lowest BCUT2D eigenvalue weighted by molar-refractivity contribution is 0.0600. The molecule has 1 atom stereocenters. The van der Waals surface area contributed by atoms with Gasteiger partial charge >= 0.3 is 5.97 Å². The first-order valence-electron chi connectivity index (χ1n) is 11.1. The number of ether oxygens (including phenoxy) is 2. The van der Waals surface area contributed by atoms with Gasteiger partial charge in [-0.1, -0.05) is 44.2 Å². The minimum atomic E-state index is -3.89. The average molecular weight is 477 g/mol. The van der Waals surface area contributed by atoms with Gasteiger partial charge in [0.05, 0.1) is 31.9 Å². The highest BCUT2D eigenvalue weighted by Gasteiger charge is 2.31. The first kappa shape index (κ1) is 25.1. The molecule has 1 aliphatic heterocycles. The summed E-state index contributed by atoms with van der Waals surface area (Å²) in [4.78, 5) is 18.6. The largest absolute Gasteiger partial charge is 0.465 e. The van der Waals surface area contributed by atoms with E-state index < -0.39 is 16.0 Å². The Balaban J connectivity index is 1.96. The number of esters is 1. The van der Waals surface area contributed by atoms with Crippen molar-refractivity contribution in [3.63, 3.8) is 0 Å². The minimum absolute atomic E-state index is 0.0159. The number of benzene rings is 1. The third kappa shape index (κ3) is 5.89. The molecule has 2 aromatic rings. The summed E-state index contributed by atoms with van der Waals surface area (Å²) in [6.07, 6.45) is 1.33. The van der Waals surface area contributed by atoms with Gasteiger partial charge in [0.1, 0.15) is 10.7 Å². The van der Waals surface area contributed by atoms with Crippen LogP contribution in [0.5, 0.6) is 0 Å². The Morgan fingerprint density at radius 1 is 1.21 bits per heavy atom. The summed E-state index contributed by atoms with van der Waals surface area (Å²) in [7, 11) is -2.64. The number of likely N-dealkylation sites (N-methyl/N-ethyl adjacent to an activating group) is 1. The summed E-state index contributed by atoms with van der Waals surface area (Å²) >= 11 is 0. The van der Waals surface area contributed by atoms with E-state index in [9.17, 15) is 13.2 Å². The first-order valence-corrected chi connectivity index (χ1v) is 12.6. The van der Waals surface area contributed by atoms with Gasteiger partial charge in [0, 0.05) is 25.8 Å². The maximum atomic E-state index is 13.5. The van der Waals surface area contributed by atoms with Crippen LogP contribution in [0, 0.1) is 0 Å². The first-order chi connectivity index (χ1) is 15.9. The number of hydrogen-bond acceptors (Lipinski definition) is 8. The lowest BCUT2D eigenvalue weighted by Crippen LogP contribution is -2.41. The molecule has 180 valence electrons. The van der Waals surface area contributed by atoms with Gasteiger partial charge in [-0.3, -0.25) is 4.90 Å². The summed E-state index contributed by atoms with van der Waals surface area (Å²) in [5, 5.41) is 3.25. The van der Waals surface area contributed by atoms with Gasteiger partial charge in [0.15, 0.2) is 0 Å². The van der Waals surface area contributed by atoms with Crippen molar-refractivity contribution in [1.82, 2.24) is 14.2 Å². The van der Waals surface area contributed by atoms with E-state index in [2.05, 4.69) is 41.2 Å². The van der Waals surface area contributed by atoms with Crippen LogP contribution in [-0.4, -0.2) is 81.6 Å². The SMILES string of the molecule is CCN(CC)C(CNc1ncc(C(=O)OC)cc1S(=O)(=O)N1CCOCC1)c1ccccc1. The fraction of sp³-hybridized carbons (Fsp3) is 0.478. The molecule has 0 spiro atoms. The second kappa shape index (κ2) is 11.6. The van der Waals surface area contributed by atoms with Crippen molar-refractivity contribution >= 4 is 21.8 Å². The number of carbonyl (C=O) groups excluding carboxylic acids is 1. The van der Waals surface area contributed by atoms with E-state index in [0.717, 1.165) is 18.7 Å². The Labute approximate surface area is 195 Å². The quantitative estimate of drug-likeness (QED) is 0.522. The van der Waals surface area contributed by atoms with Crippen molar-refractivity contribution in [2.45, 2.75) is 24.8 Å². The molecule has 10 heteroatoms. The Bertz CT molecular complexity index is 1020. The van der Waals surface area contributed by atoms with Gasteiger partial charge in [-0.15, -0.1) is 0 Å². The molecule has 33 heavy (non-hydrogen) atoms. The maximum absolute atomic E-state index is 13.5. The second-order valence-electron chi connectivity index (χ2n) is 7.61. The molecule has 1 fully saturated rings. The van der Waals surface area contributed by atoms with Gasteiger partial charge < -0.3 is 14.8 Å². The molecular weight excluding hydrogens is 444 g/mol. The number of nitrogens with one attached hydrogen (secondary N) is 1. The monoisotopic (exact) mass is 476 g/mol. The molecule has 0 radical (unpaired) electrons. The number of anilines is 1. The van der Waals surface area contributed by atoms with E-state index in [1.54, 1.807) is 0 Å². The zero-order chi connectivity index (χ0) is 23.8. The fourth-order valence-corrected chi connectivity index (χ4v) is 5.47. The summed E-state index contributed by atoms with van der Waals surface area (Å²) in [6, 6.07) is 11.4. The van der Waals surface area contributed by atoms with Crippen LogP contribution in [0.1, 0.15) is 35.8 Å². The molecule has 2 heterocycles. The summed E-state index contributed by atoms with van der Waals surface area (Å²) in [6.45, 7) is 7.45. The van der Waals surface area contributed by atoms with Crippen molar-refractivity contribution < 1.29 is 22.7 Å². The molecule has 0 aliphatic carbocycles.